The molecule has 0 saturated carbocycles. The molecular formula is C20H22ClN3O2S. The lowest BCUT2D eigenvalue weighted by molar-refractivity contribution is 0.0677. The quantitative estimate of drug-likeness (QED) is 0.554. The number of hydrogen-bond donors (Lipinski definition) is 0. The summed E-state index contributed by atoms with van der Waals surface area (Å²) in [4.78, 5) is 16.7. The van der Waals surface area contributed by atoms with Crippen molar-refractivity contribution in [3.8, 4) is 11.5 Å². The molecule has 0 radical (unpaired) electrons. The van der Waals surface area contributed by atoms with Crippen LogP contribution in [0.5, 0.6) is 0 Å². The summed E-state index contributed by atoms with van der Waals surface area (Å²) in [7, 11) is 0. The van der Waals surface area contributed by atoms with Crippen molar-refractivity contribution in [3.05, 3.63) is 56.6 Å². The molecule has 3 rings (SSSR count). The zero-order valence-electron chi connectivity index (χ0n) is 15.8. The lowest BCUT2D eigenvalue weighted by atomic mass is 10.2. The molecule has 0 aliphatic heterocycles. The Morgan fingerprint density at radius 2 is 2.04 bits per heavy atom. The van der Waals surface area contributed by atoms with Crippen molar-refractivity contribution in [2.24, 2.45) is 0 Å². The maximum Gasteiger partial charge on any atom is 0.264 e. The third-order valence-corrected chi connectivity index (χ3v) is 6.01. The van der Waals surface area contributed by atoms with Crippen LogP contribution in [-0.4, -0.2) is 27.0 Å². The topological polar surface area (TPSA) is 59.2 Å². The first-order valence-electron chi connectivity index (χ1n) is 8.88. The van der Waals surface area contributed by atoms with Gasteiger partial charge in [-0.1, -0.05) is 30.7 Å². The number of aromatic nitrogens is 2. The van der Waals surface area contributed by atoms with Crippen molar-refractivity contribution in [2.45, 2.75) is 46.7 Å². The molecule has 5 nitrogen and oxygen atoms in total. The van der Waals surface area contributed by atoms with Gasteiger partial charge in [-0.2, -0.15) is 0 Å². The van der Waals surface area contributed by atoms with E-state index in [9.17, 15) is 4.79 Å². The van der Waals surface area contributed by atoms with E-state index in [1.165, 1.54) is 4.88 Å². The highest BCUT2D eigenvalue weighted by Crippen LogP contribution is 2.28. The molecule has 0 unspecified atom stereocenters. The molecule has 1 aromatic carbocycles. The molecule has 1 amide bonds. The Balaban J connectivity index is 1.83. The number of carbonyl (C=O) groups excluding carboxylic acids is 1. The summed E-state index contributed by atoms with van der Waals surface area (Å²) >= 11 is 7.75. The van der Waals surface area contributed by atoms with Crippen molar-refractivity contribution in [2.75, 3.05) is 0 Å². The van der Waals surface area contributed by atoms with Gasteiger partial charge >= 0.3 is 0 Å². The Morgan fingerprint density at radius 3 is 2.67 bits per heavy atom. The Hall–Kier alpha value is -2.18. The minimum atomic E-state index is -0.0182. The SMILES string of the molecule is CCc1sc(C(=O)N(Cc2nnc(-c3ccccc3Cl)o2)C(C)C)cc1C. The van der Waals surface area contributed by atoms with Gasteiger partial charge in [0.05, 0.1) is 22.0 Å². The number of hydrogen-bond acceptors (Lipinski definition) is 5. The summed E-state index contributed by atoms with van der Waals surface area (Å²) in [6, 6.07) is 9.26. The molecule has 0 bridgehead atoms. The van der Waals surface area contributed by atoms with Crippen LogP contribution < -0.4 is 0 Å². The molecule has 2 aromatic heterocycles. The zero-order valence-corrected chi connectivity index (χ0v) is 17.4. The van der Waals surface area contributed by atoms with E-state index >= 15 is 0 Å². The van der Waals surface area contributed by atoms with Crippen molar-refractivity contribution in [3.63, 3.8) is 0 Å². The van der Waals surface area contributed by atoms with Crippen LogP contribution in [0.15, 0.2) is 34.7 Å². The molecule has 0 saturated heterocycles. The van der Waals surface area contributed by atoms with E-state index < -0.39 is 0 Å². The first-order chi connectivity index (χ1) is 12.9. The van der Waals surface area contributed by atoms with Crippen LogP contribution in [0.2, 0.25) is 5.02 Å². The predicted octanol–water partition coefficient (Wildman–Crippen LogP) is 5.37. The van der Waals surface area contributed by atoms with Crippen LogP contribution in [-0.2, 0) is 13.0 Å². The standard InChI is InChI=1S/C20H22ClN3O2S/c1-5-16-13(4)10-17(27-16)20(25)24(12(2)3)11-18-22-23-19(26-18)14-8-6-7-9-15(14)21/h6-10,12H,5,11H2,1-4H3. The van der Waals surface area contributed by atoms with Gasteiger partial charge in [0.2, 0.25) is 11.8 Å². The van der Waals surface area contributed by atoms with Crippen molar-refractivity contribution >= 4 is 28.8 Å². The van der Waals surface area contributed by atoms with Crippen molar-refractivity contribution < 1.29 is 9.21 Å². The molecule has 0 N–H and O–H groups in total. The van der Waals surface area contributed by atoms with Gasteiger partial charge in [0.25, 0.3) is 5.91 Å². The molecular weight excluding hydrogens is 382 g/mol. The van der Waals surface area contributed by atoms with Gasteiger partial charge in [-0.15, -0.1) is 21.5 Å². The van der Waals surface area contributed by atoms with Gasteiger partial charge in [0.15, 0.2) is 0 Å². The number of rotatable bonds is 6. The molecule has 0 atom stereocenters. The highest BCUT2D eigenvalue weighted by Gasteiger charge is 2.24. The molecule has 7 heteroatoms. The minimum Gasteiger partial charge on any atom is -0.419 e. The molecule has 0 fully saturated rings. The third kappa shape index (κ3) is 4.22. The average molecular weight is 404 g/mol. The van der Waals surface area contributed by atoms with Crippen LogP contribution in [0.4, 0.5) is 0 Å². The van der Waals surface area contributed by atoms with Gasteiger partial charge in [0.1, 0.15) is 0 Å². The number of benzene rings is 1. The summed E-state index contributed by atoms with van der Waals surface area (Å²) in [5.41, 5.74) is 1.84. The Bertz CT molecular complexity index is 948. The predicted molar refractivity (Wildman–Crippen MR) is 108 cm³/mol. The molecule has 2 heterocycles. The van der Waals surface area contributed by atoms with Crippen LogP contribution in [0.3, 0.4) is 0 Å². The number of amides is 1. The lowest BCUT2D eigenvalue weighted by Gasteiger charge is -2.24. The van der Waals surface area contributed by atoms with Gasteiger partial charge in [0, 0.05) is 10.9 Å². The van der Waals surface area contributed by atoms with Crippen LogP contribution in [0.1, 0.15) is 46.8 Å². The second kappa shape index (κ2) is 8.23. The third-order valence-electron chi connectivity index (χ3n) is 4.31. The maximum absolute atomic E-state index is 13.0. The number of aryl methyl sites for hydroxylation is 2. The summed E-state index contributed by atoms with van der Waals surface area (Å²) in [6.07, 6.45) is 0.927. The highest BCUT2D eigenvalue weighted by atomic mass is 35.5. The molecule has 3 aromatic rings. The summed E-state index contributed by atoms with van der Waals surface area (Å²) in [5, 5.41) is 8.74. The van der Waals surface area contributed by atoms with Crippen LogP contribution in [0.25, 0.3) is 11.5 Å². The van der Waals surface area contributed by atoms with E-state index in [0.29, 0.717) is 22.4 Å². The molecule has 142 valence electrons. The number of thiophene rings is 1. The fraction of sp³-hybridized carbons (Fsp3) is 0.350. The smallest absolute Gasteiger partial charge is 0.264 e. The minimum absolute atomic E-state index is 0.000598. The normalized spacial score (nSPS) is 11.2. The van der Waals surface area contributed by atoms with E-state index in [0.717, 1.165) is 16.9 Å². The number of nitrogens with zero attached hydrogens (tertiary/aromatic N) is 3. The molecule has 0 aliphatic rings. The van der Waals surface area contributed by atoms with Crippen LogP contribution in [0, 0.1) is 6.92 Å². The van der Waals surface area contributed by atoms with Crippen molar-refractivity contribution in [1.29, 1.82) is 0 Å². The van der Waals surface area contributed by atoms with Crippen LogP contribution >= 0.6 is 22.9 Å². The lowest BCUT2D eigenvalue weighted by Crippen LogP contribution is -2.36. The Labute approximate surface area is 168 Å². The van der Waals surface area contributed by atoms with E-state index in [1.54, 1.807) is 22.3 Å². The first kappa shape index (κ1) is 19.6. The Kier molecular flexibility index (Phi) is 5.97. The highest BCUT2D eigenvalue weighted by molar-refractivity contribution is 7.14. The monoisotopic (exact) mass is 403 g/mol. The second-order valence-electron chi connectivity index (χ2n) is 6.58. The van der Waals surface area contributed by atoms with Crippen molar-refractivity contribution in [1.82, 2.24) is 15.1 Å². The van der Waals surface area contributed by atoms with Gasteiger partial charge in [-0.3, -0.25) is 4.79 Å². The Morgan fingerprint density at radius 1 is 1.30 bits per heavy atom. The summed E-state index contributed by atoms with van der Waals surface area (Å²) < 4.78 is 5.77. The molecule has 27 heavy (non-hydrogen) atoms. The molecule has 0 spiro atoms. The first-order valence-corrected chi connectivity index (χ1v) is 10.1. The van der Waals surface area contributed by atoms with E-state index in [-0.39, 0.29) is 18.5 Å². The summed E-state index contributed by atoms with van der Waals surface area (Å²) in [5.74, 6) is 0.721. The van der Waals surface area contributed by atoms with E-state index in [4.69, 9.17) is 16.0 Å². The van der Waals surface area contributed by atoms with Gasteiger partial charge < -0.3 is 9.32 Å². The number of carbonyl (C=O) groups is 1. The fourth-order valence-electron chi connectivity index (χ4n) is 2.81. The van der Waals surface area contributed by atoms with E-state index in [2.05, 4.69) is 17.1 Å². The number of halogens is 1. The zero-order chi connectivity index (χ0) is 19.6. The average Bonchev–Trinajstić information content (AvgIpc) is 3.25. The molecule has 0 aliphatic carbocycles. The van der Waals surface area contributed by atoms with Gasteiger partial charge in [-0.25, -0.2) is 0 Å². The maximum atomic E-state index is 13.0. The fourth-order valence-corrected chi connectivity index (χ4v) is 4.10. The second-order valence-corrected chi connectivity index (χ2v) is 8.12. The van der Waals surface area contributed by atoms with E-state index in [1.807, 2.05) is 45.0 Å². The largest absolute Gasteiger partial charge is 0.419 e. The summed E-state index contributed by atoms with van der Waals surface area (Å²) in [6.45, 7) is 8.35. The van der Waals surface area contributed by atoms with Gasteiger partial charge in [-0.05, 0) is 51.0 Å².